The molecule has 7 nitrogen and oxygen atoms in total. The van der Waals surface area contributed by atoms with E-state index in [1.54, 1.807) is 18.2 Å². The predicted molar refractivity (Wildman–Crippen MR) is 88.5 cm³/mol. The summed E-state index contributed by atoms with van der Waals surface area (Å²) in [5.41, 5.74) is 1.40. The molecule has 2 atom stereocenters. The number of benzene rings is 1. The van der Waals surface area contributed by atoms with Crippen molar-refractivity contribution in [3.05, 3.63) is 35.4 Å². The summed E-state index contributed by atoms with van der Waals surface area (Å²) in [6.45, 7) is 5.55. The summed E-state index contributed by atoms with van der Waals surface area (Å²) < 4.78 is 9.87. The topological polar surface area (TPSA) is 93.7 Å². The van der Waals surface area contributed by atoms with Gasteiger partial charge in [0.1, 0.15) is 6.04 Å². The number of methoxy groups -OCH3 is 1. The summed E-state index contributed by atoms with van der Waals surface area (Å²) in [4.78, 5) is 35.8. The van der Waals surface area contributed by atoms with Crippen molar-refractivity contribution in [1.82, 2.24) is 10.6 Å². The van der Waals surface area contributed by atoms with Crippen LogP contribution in [0.4, 0.5) is 0 Å². The third kappa shape index (κ3) is 6.37. The summed E-state index contributed by atoms with van der Waals surface area (Å²) in [5, 5.41) is 5.13. The van der Waals surface area contributed by atoms with E-state index >= 15 is 0 Å². The fourth-order valence-electron chi connectivity index (χ4n) is 1.88. The van der Waals surface area contributed by atoms with Crippen molar-refractivity contribution < 1.29 is 23.9 Å². The average Bonchev–Trinajstić information content (AvgIpc) is 2.54. The molecule has 0 aliphatic carbocycles. The fraction of sp³-hybridized carbons (Fsp3) is 0.471. The molecule has 0 bridgehead atoms. The number of aryl methyl sites for hydroxylation is 1. The lowest BCUT2D eigenvalue weighted by Crippen LogP contribution is -2.44. The van der Waals surface area contributed by atoms with Crippen molar-refractivity contribution >= 4 is 17.8 Å². The van der Waals surface area contributed by atoms with Gasteiger partial charge in [-0.2, -0.15) is 0 Å². The summed E-state index contributed by atoms with van der Waals surface area (Å²) in [7, 11) is 1.52. The quantitative estimate of drug-likeness (QED) is 0.541. The predicted octanol–water partition coefficient (Wildman–Crippen LogP) is 0.808. The summed E-state index contributed by atoms with van der Waals surface area (Å²) >= 11 is 0. The number of hydrogen-bond donors (Lipinski definition) is 2. The molecule has 2 amide bonds. The van der Waals surface area contributed by atoms with E-state index in [9.17, 15) is 14.4 Å². The molecular formula is C17H24N2O5. The maximum atomic E-state index is 12.1. The smallest absolute Gasteiger partial charge is 0.329 e. The summed E-state index contributed by atoms with van der Waals surface area (Å²) in [6, 6.07) is 6.15. The van der Waals surface area contributed by atoms with Gasteiger partial charge in [-0.15, -0.1) is 0 Å². The van der Waals surface area contributed by atoms with Crippen molar-refractivity contribution in [2.45, 2.75) is 32.9 Å². The van der Waals surface area contributed by atoms with E-state index < -0.39 is 24.0 Å². The zero-order chi connectivity index (χ0) is 18.1. The van der Waals surface area contributed by atoms with Gasteiger partial charge in [-0.25, -0.2) is 4.79 Å². The van der Waals surface area contributed by atoms with E-state index in [1.165, 1.54) is 21.0 Å². The van der Waals surface area contributed by atoms with Gasteiger partial charge in [0, 0.05) is 19.2 Å². The van der Waals surface area contributed by atoms with Crippen molar-refractivity contribution in [3.63, 3.8) is 0 Å². The van der Waals surface area contributed by atoms with E-state index in [0.717, 1.165) is 5.56 Å². The standard InChI is InChI=1S/C17H24N2O5/c1-11-6-5-7-14(10-11)16(21)19-12(2)17(22)24-13(3)15(20)18-8-9-23-4/h5-7,10,12-13H,8-9H2,1-4H3,(H,18,20)(H,19,21)/t12-,13-/m0/s1. The molecule has 0 fully saturated rings. The Balaban J connectivity index is 2.49. The molecule has 1 rings (SSSR count). The minimum Gasteiger partial charge on any atom is -0.451 e. The summed E-state index contributed by atoms with van der Waals surface area (Å²) in [5.74, 6) is -1.47. The van der Waals surface area contributed by atoms with Gasteiger partial charge in [0.2, 0.25) is 0 Å². The van der Waals surface area contributed by atoms with Gasteiger partial charge >= 0.3 is 5.97 Å². The Morgan fingerprint density at radius 3 is 2.54 bits per heavy atom. The van der Waals surface area contributed by atoms with Crippen LogP contribution in [0.3, 0.4) is 0 Å². The van der Waals surface area contributed by atoms with Crippen molar-refractivity contribution in [3.8, 4) is 0 Å². The molecule has 0 unspecified atom stereocenters. The molecule has 1 aromatic rings. The number of carbonyl (C=O) groups excluding carboxylic acids is 3. The molecule has 7 heteroatoms. The molecule has 0 saturated heterocycles. The Morgan fingerprint density at radius 1 is 1.21 bits per heavy atom. The van der Waals surface area contributed by atoms with E-state index in [0.29, 0.717) is 18.7 Å². The third-order valence-electron chi connectivity index (χ3n) is 3.25. The third-order valence-corrected chi connectivity index (χ3v) is 3.25. The Hall–Kier alpha value is -2.41. The molecule has 2 N–H and O–H groups in total. The SMILES string of the molecule is COCCNC(=O)[C@H](C)OC(=O)[C@H](C)NC(=O)c1cccc(C)c1. The van der Waals surface area contributed by atoms with Crippen LogP contribution in [0.15, 0.2) is 24.3 Å². The second kappa shape index (κ2) is 9.67. The number of hydrogen-bond acceptors (Lipinski definition) is 5. The van der Waals surface area contributed by atoms with Crippen LogP contribution < -0.4 is 10.6 Å². The Morgan fingerprint density at radius 2 is 1.92 bits per heavy atom. The van der Waals surface area contributed by atoms with Crippen LogP contribution in [0.2, 0.25) is 0 Å². The number of rotatable bonds is 8. The first-order valence-corrected chi connectivity index (χ1v) is 7.69. The second-order valence-corrected chi connectivity index (χ2v) is 5.43. The number of amides is 2. The Kier molecular flexibility index (Phi) is 7.91. The molecule has 1 aromatic carbocycles. The average molecular weight is 336 g/mol. The van der Waals surface area contributed by atoms with Crippen molar-refractivity contribution in [2.75, 3.05) is 20.3 Å². The molecule has 0 aromatic heterocycles. The first kappa shape index (κ1) is 19.6. The minimum absolute atomic E-state index is 0.330. The van der Waals surface area contributed by atoms with Crippen LogP contribution >= 0.6 is 0 Å². The highest BCUT2D eigenvalue weighted by molar-refractivity contribution is 5.97. The lowest BCUT2D eigenvalue weighted by atomic mass is 10.1. The molecular weight excluding hydrogens is 312 g/mol. The van der Waals surface area contributed by atoms with Crippen LogP contribution in [-0.2, 0) is 19.1 Å². The molecule has 24 heavy (non-hydrogen) atoms. The van der Waals surface area contributed by atoms with Gasteiger partial charge in [-0.3, -0.25) is 9.59 Å². The Labute approximate surface area is 141 Å². The molecule has 0 saturated carbocycles. The first-order valence-electron chi connectivity index (χ1n) is 7.69. The molecule has 0 aliphatic rings. The van der Waals surface area contributed by atoms with E-state index in [1.807, 2.05) is 13.0 Å². The lowest BCUT2D eigenvalue weighted by Gasteiger charge is -2.17. The van der Waals surface area contributed by atoms with Crippen LogP contribution in [0, 0.1) is 6.92 Å². The Bertz CT molecular complexity index is 588. The summed E-state index contributed by atoms with van der Waals surface area (Å²) in [6.07, 6.45) is -0.951. The van der Waals surface area contributed by atoms with Crippen LogP contribution in [0.25, 0.3) is 0 Å². The first-order chi connectivity index (χ1) is 11.3. The maximum absolute atomic E-state index is 12.1. The fourth-order valence-corrected chi connectivity index (χ4v) is 1.88. The monoisotopic (exact) mass is 336 g/mol. The van der Waals surface area contributed by atoms with Crippen molar-refractivity contribution in [1.29, 1.82) is 0 Å². The lowest BCUT2D eigenvalue weighted by molar-refractivity contribution is -0.156. The molecule has 0 heterocycles. The highest BCUT2D eigenvalue weighted by Gasteiger charge is 2.23. The van der Waals surface area contributed by atoms with Gasteiger partial charge < -0.3 is 20.1 Å². The van der Waals surface area contributed by atoms with Gasteiger partial charge in [-0.05, 0) is 32.9 Å². The van der Waals surface area contributed by atoms with E-state index in [2.05, 4.69) is 10.6 Å². The van der Waals surface area contributed by atoms with Crippen molar-refractivity contribution in [2.24, 2.45) is 0 Å². The zero-order valence-electron chi connectivity index (χ0n) is 14.4. The highest BCUT2D eigenvalue weighted by Crippen LogP contribution is 2.05. The highest BCUT2D eigenvalue weighted by atomic mass is 16.5. The van der Waals surface area contributed by atoms with Gasteiger partial charge in [-0.1, -0.05) is 17.7 Å². The second-order valence-electron chi connectivity index (χ2n) is 5.43. The minimum atomic E-state index is -0.951. The molecule has 0 radical (unpaired) electrons. The molecule has 132 valence electrons. The number of esters is 1. The largest absolute Gasteiger partial charge is 0.451 e. The normalized spacial score (nSPS) is 12.8. The molecule has 0 aliphatic heterocycles. The zero-order valence-corrected chi connectivity index (χ0v) is 14.4. The van der Waals surface area contributed by atoms with Gasteiger partial charge in [0.25, 0.3) is 11.8 Å². The number of nitrogens with one attached hydrogen (secondary N) is 2. The van der Waals surface area contributed by atoms with Crippen LogP contribution in [0.1, 0.15) is 29.8 Å². The number of ether oxygens (including phenoxy) is 2. The van der Waals surface area contributed by atoms with Gasteiger partial charge in [0.15, 0.2) is 6.10 Å². The van der Waals surface area contributed by atoms with Crippen LogP contribution in [-0.4, -0.2) is 50.2 Å². The van der Waals surface area contributed by atoms with E-state index in [4.69, 9.17) is 9.47 Å². The van der Waals surface area contributed by atoms with Gasteiger partial charge in [0.05, 0.1) is 6.61 Å². The maximum Gasteiger partial charge on any atom is 0.329 e. The van der Waals surface area contributed by atoms with E-state index in [-0.39, 0.29) is 5.91 Å². The van der Waals surface area contributed by atoms with Crippen LogP contribution in [0.5, 0.6) is 0 Å². The number of carbonyl (C=O) groups is 3. The molecule has 0 spiro atoms.